The second-order valence-electron chi connectivity index (χ2n) is 7.37. The molecule has 0 aliphatic carbocycles. The van der Waals surface area contributed by atoms with E-state index in [9.17, 15) is 5.11 Å². The third kappa shape index (κ3) is 6.40. The smallest absolute Gasteiger partial charge is 0.119 e. The number of β-amino-alcohol motifs (C(OH)–C–C–N with tert-alkyl or cyclic N) is 1. The summed E-state index contributed by atoms with van der Waals surface area (Å²) < 4.78 is 5.61. The fraction of sp³-hybridized carbons (Fsp3) is 0.647. The quantitative estimate of drug-likeness (QED) is 0.870. The second-order valence-corrected chi connectivity index (χ2v) is 7.37. The molecule has 0 saturated heterocycles. The van der Waals surface area contributed by atoms with Gasteiger partial charge in [0.05, 0.1) is 0 Å². The average molecular weight is 279 g/mol. The van der Waals surface area contributed by atoms with Gasteiger partial charge in [0.1, 0.15) is 18.5 Å². The lowest BCUT2D eigenvalue weighted by molar-refractivity contribution is 0.100. The predicted octanol–water partition coefficient (Wildman–Crippen LogP) is 3.11. The number of hydrogen-bond acceptors (Lipinski definition) is 3. The minimum absolute atomic E-state index is 0.00926. The molecule has 0 aromatic heterocycles. The monoisotopic (exact) mass is 279 g/mol. The maximum atomic E-state index is 9.87. The molecule has 0 radical (unpaired) electrons. The van der Waals surface area contributed by atoms with Crippen LogP contribution in [-0.2, 0) is 5.41 Å². The van der Waals surface area contributed by atoms with Gasteiger partial charge in [-0.25, -0.2) is 0 Å². The molecule has 2 N–H and O–H groups in total. The molecule has 3 heteroatoms. The highest BCUT2D eigenvalue weighted by atomic mass is 16.5. The molecular weight excluding hydrogens is 250 g/mol. The van der Waals surface area contributed by atoms with E-state index in [0.717, 1.165) is 5.75 Å². The van der Waals surface area contributed by atoms with E-state index in [2.05, 4.69) is 59.0 Å². The van der Waals surface area contributed by atoms with Crippen molar-refractivity contribution < 1.29 is 9.84 Å². The van der Waals surface area contributed by atoms with Gasteiger partial charge in [0.15, 0.2) is 0 Å². The molecule has 0 aliphatic rings. The number of nitrogens with one attached hydrogen (secondary N) is 1. The van der Waals surface area contributed by atoms with Gasteiger partial charge in [-0.2, -0.15) is 0 Å². The molecule has 1 atom stereocenters. The van der Waals surface area contributed by atoms with E-state index in [1.807, 2.05) is 12.1 Å². The summed E-state index contributed by atoms with van der Waals surface area (Å²) in [6.07, 6.45) is -0.503. The number of hydrogen-bond donors (Lipinski definition) is 2. The molecule has 114 valence electrons. The van der Waals surface area contributed by atoms with Crippen LogP contribution in [-0.4, -0.2) is 29.9 Å². The van der Waals surface area contributed by atoms with E-state index in [4.69, 9.17) is 4.74 Å². The number of aliphatic hydroxyl groups excluding tert-OH is 1. The van der Waals surface area contributed by atoms with Crippen molar-refractivity contribution in [3.63, 3.8) is 0 Å². The molecule has 0 bridgehead atoms. The van der Waals surface area contributed by atoms with Crippen LogP contribution in [0.2, 0.25) is 0 Å². The highest BCUT2D eigenvalue weighted by Crippen LogP contribution is 2.24. The van der Waals surface area contributed by atoms with Gasteiger partial charge >= 0.3 is 0 Å². The van der Waals surface area contributed by atoms with E-state index in [1.165, 1.54) is 5.56 Å². The molecule has 1 aromatic carbocycles. The topological polar surface area (TPSA) is 41.5 Å². The van der Waals surface area contributed by atoms with Crippen molar-refractivity contribution in [2.75, 3.05) is 13.2 Å². The first-order valence-electron chi connectivity index (χ1n) is 7.24. The minimum Gasteiger partial charge on any atom is -0.491 e. The lowest BCUT2D eigenvalue weighted by Gasteiger charge is -2.23. The van der Waals surface area contributed by atoms with Gasteiger partial charge in [0.2, 0.25) is 0 Å². The van der Waals surface area contributed by atoms with E-state index in [1.54, 1.807) is 0 Å². The van der Waals surface area contributed by atoms with E-state index in [-0.39, 0.29) is 11.0 Å². The molecule has 0 unspecified atom stereocenters. The van der Waals surface area contributed by atoms with Crippen LogP contribution >= 0.6 is 0 Å². The van der Waals surface area contributed by atoms with Crippen molar-refractivity contribution in [2.45, 2.75) is 58.6 Å². The fourth-order valence-corrected chi connectivity index (χ4v) is 1.73. The zero-order chi connectivity index (χ0) is 15.4. The zero-order valence-corrected chi connectivity index (χ0v) is 13.7. The number of aliphatic hydroxyl groups is 1. The molecule has 1 aromatic rings. The SMILES string of the molecule is CC(C)(C)NC[C@H](O)COc1ccc(C(C)(C)C)cc1. The number of ether oxygens (including phenoxy) is 1. The Labute approximate surface area is 123 Å². The van der Waals surface area contributed by atoms with Crippen LogP contribution in [0.25, 0.3) is 0 Å². The molecule has 0 amide bonds. The van der Waals surface area contributed by atoms with Crippen LogP contribution in [0.4, 0.5) is 0 Å². The molecular formula is C17H29NO2. The Morgan fingerprint density at radius 3 is 2.05 bits per heavy atom. The normalized spacial score (nSPS) is 14.2. The minimum atomic E-state index is -0.503. The molecule has 0 spiro atoms. The maximum Gasteiger partial charge on any atom is 0.119 e. The van der Waals surface area contributed by atoms with Crippen LogP contribution < -0.4 is 10.1 Å². The molecule has 20 heavy (non-hydrogen) atoms. The van der Waals surface area contributed by atoms with Gasteiger partial charge in [-0.3, -0.25) is 0 Å². The van der Waals surface area contributed by atoms with Gasteiger partial charge in [-0.15, -0.1) is 0 Å². The first-order valence-corrected chi connectivity index (χ1v) is 7.24. The molecule has 3 nitrogen and oxygen atoms in total. The predicted molar refractivity (Wildman–Crippen MR) is 84.4 cm³/mol. The summed E-state index contributed by atoms with van der Waals surface area (Å²) in [6.45, 7) is 13.6. The molecule has 0 saturated carbocycles. The van der Waals surface area contributed by atoms with Gasteiger partial charge < -0.3 is 15.2 Å². The summed E-state index contributed by atoms with van der Waals surface area (Å²) in [7, 11) is 0. The average Bonchev–Trinajstić information content (AvgIpc) is 2.32. The van der Waals surface area contributed by atoms with Crippen LogP contribution in [0.1, 0.15) is 47.1 Å². The Kier molecular flexibility index (Phi) is 5.60. The van der Waals surface area contributed by atoms with Crippen molar-refractivity contribution in [1.82, 2.24) is 5.32 Å². The third-order valence-corrected chi connectivity index (χ3v) is 3.03. The van der Waals surface area contributed by atoms with Crippen molar-refractivity contribution in [3.8, 4) is 5.75 Å². The van der Waals surface area contributed by atoms with Gasteiger partial charge in [0.25, 0.3) is 0 Å². The molecule has 0 fully saturated rings. The second kappa shape index (κ2) is 6.59. The Morgan fingerprint density at radius 1 is 1.05 bits per heavy atom. The first kappa shape index (κ1) is 17.0. The highest BCUT2D eigenvalue weighted by Gasteiger charge is 2.14. The Bertz CT molecular complexity index is 398. The number of rotatable bonds is 5. The molecule has 1 rings (SSSR count). The molecule has 0 heterocycles. The molecule has 0 aliphatic heterocycles. The third-order valence-electron chi connectivity index (χ3n) is 3.03. The van der Waals surface area contributed by atoms with Crippen LogP contribution in [0, 0.1) is 0 Å². The lowest BCUT2D eigenvalue weighted by Crippen LogP contribution is -2.42. The van der Waals surface area contributed by atoms with Gasteiger partial charge in [-0.1, -0.05) is 32.9 Å². The first-order chi connectivity index (χ1) is 9.08. The van der Waals surface area contributed by atoms with Gasteiger partial charge in [-0.05, 0) is 43.9 Å². The summed E-state index contributed by atoms with van der Waals surface area (Å²) >= 11 is 0. The van der Waals surface area contributed by atoms with Gasteiger partial charge in [0, 0.05) is 12.1 Å². The highest BCUT2D eigenvalue weighted by molar-refractivity contribution is 5.31. The van der Waals surface area contributed by atoms with Crippen molar-refractivity contribution >= 4 is 0 Å². The van der Waals surface area contributed by atoms with Crippen molar-refractivity contribution in [2.24, 2.45) is 0 Å². The van der Waals surface area contributed by atoms with Crippen molar-refractivity contribution in [1.29, 1.82) is 0 Å². The van der Waals surface area contributed by atoms with Crippen molar-refractivity contribution in [3.05, 3.63) is 29.8 Å². The van der Waals surface area contributed by atoms with Crippen LogP contribution in [0.5, 0.6) is 5.75 Å². The van der Waals surface area contributed by atoms with Crippen LogP contribution in [0.3, 0.4) is 0 Å². The standard InChI is InChI=1S/C17H29NO2/c1-16(2,3)13-7-9-15(10-8-13)20-12-14(19)11-18-17(4,5)6/h7-10,14,18-19H,11-12H2,1-6H3/t14-/m0/s1. The maximum absolute atomic E-state index is 9.87. The fourth-order valence-electron chi connectivity index (χ4n) is 1.73. The summed E-state index contributed by atoms with van der Waals surface area (Å²) in [6, 6.07) is 8.08. The summed E-state index contributed by atoms with van der Waals surface area (Å²) in [5.41, 5.74) is 1.43. The summed E-state index contributed by atoms with van der Waals surface area (Å²) in [4.78, 5) is 0. The summed E-state index contributed by atoms with van der Waals surface area (Å²) in [5.74, 6) is 0.799. The Balaban J connectivity index is 2.42. The Morgan fingerprint density at radius 2 is 1.60 bits per heavy atom. The summed E-state index contributed by atoms with van der Waals surface area (Å²) in [5, 5.41) is 13.1. The van der Waals surface area contributed by atoms with Crippen LogP contribution in [0.15, 0.2) is 24.3 Å². The van der Waals surface area contributed by atoms with E-state index in [0.29, 0.717) is 13.2 Å². The zero-order valence-electron chi connectivity index (χ0n) is 13.7. The number of benzene rings is 1. The Hall–Kier alpha value is -1.06. The van der Waals surface area contributed by atoms with E-state index < -0.39 is 6.10 Å². The lowest BCUT2D eigenvalue weighted by atomic mass is 9.87. The van der Waals surface area contributed by atoms with E-state index >= 15 is 0 Å². The largest absolute Gasteiger partial charge is 0.491 e.